The van der Waals surface area contributed by atoms with Crippen molar-refractivity contribution in [1.82, 2.24) is 14.7 Å². The quantitative estimate of drug-likeness (QED) is 0.771. The van der Waals surface area contributed by atoms with E-state index in [-0.39, 0.29) is 36.1 Å². The number of piperidine rings is 1. The van der Waals surface area contributed by atoms with Crippen LogP contribution in [-0.4, -0.2) is 72.0 Å². The summed E-state index contributed by atoms with van der Waals surface area (Å²) in [6, 6.07) is 6.34. The lowest BCUT2D eigenvalue weighted by Crippen LogP contribution is -2.45. The van der Waals surface area contributed by atoms with Gasteiger partial charge >= 0.3 is 0 Å². The fourth-order valence-electron chi connectivity index (χ4n) is 3.60. The third-order valence-electron chi connectivity index (χ3n) is 5.31. The number of likely N-dealkylation sites (tertiary alicyclic amines) is 1. The SMILES string of the molecule is CC1CCN(C(=O)CN(C)CC(=O)N2CCSC2c2ccc(F)cc2)CC1. The monoisotopic (exact) mass is 393 g/mol. The first kappa shape index (κ1) is 20.1. The first-order chi connectivity index (χ1) is 12.9. The summed E-state index contributed by atoms with van der Waals surface area (Å²) in [6.07, 6.45) is 2.11. The molecule has 2 heterocycles. The van der Waals surface area contributed by atoms with Crippen LogP contribution in [-0.2, 0) is 9.59 Å². The van der Waals surface area contributed by atoms with Gasteiger partial charge in [0.1, 0.15) is 11.2 Å². The van der Waals surface area contributed by atoms with Crippen LogP contribution in [0.4, 0.5) is 4.39 Å². The molecule has 3 rings (SSSR count). The average Bonchev–Trinajstić information content (AvgIpc) is 3.12. The number of likely N-dealkylation sites (N-methyl/N-ethyl adjacent to an activating group) is 1. The van der Waals surface area contributed by atoms with Crippen LogP contribution in [0.25, 0.3) is 0 Å². The molecule has 0 N–H and O–H groups in total. The molecule has 1 unspecified atom stereocenters. The van der Waals surface area contributed by atoms with Crippen LogP contribution in [0.1, 0.15) is 30.7 Å². The first-order valence-electron chi connectivity index (χ1n) is 9.57. The van der Waals surface area contributed by atoms with E-state index < -0.39 is 0 Å². The van der Waals surface area contributed by atoms with Crippen LogP contribution in [0.5, 0.6) is 0 Å². The van der Waals surface area contributed by atoms with Gasteiger partial charge in [0.05, 0.1) is 13.1 Å². The maximum Gasteiger partial charge on any atom is 0.237 e. The largest absolute Gasteiger partial charge is 0.342 e. The molecule has 2 aliphatic heterocycles. The van der Waals surface area contributed by atoms with Crippen molar-refractivity contribution in [3.63, 3.8) is 0 Å². The molecule has 7 heteroatoms. The number of rotatable bonds is 5. The van der Waals surface area contributed by atoms with Gasteiger partial charge in [-0.25, -0.2) is 4.39 Å². The molecule has 2 fully saturated rings. The van der Waals surface area contributed by atoms with Crippen LogP contribution in [0.2, 0.25) is 0 Å². The molecule has 0 spiro atoms. The number of halogens is 1. The molecule has 1 atom stereocenters. The van der Waals surface area contributed by atoms with Gasteiger partial charge in [-0.05, 0) is 43.5 Å². The molecule has 1 aromatic carbocycles. The predicted molar refractivity (Wildman–Crippen MR) is 106 cm³/mol. The van der Waals surface area contributed by atoms with Gasteiger partial charge in [0.15, 0.2) is 0 Å². The van der Waals surface area contributed by atoms with E-state index >= 15 is 0 Å². The van der Waals surface area contributed by atoms with Gasteiger partial charge in [-0.1, -0.05) is 19.1 Å². The Labute approximate surface area is 164 Å². The van der Waals surface area contributed by atoms with E-state index in [2.05, 4.69) is 6.92 Å². The highest BCUT2D eigenvalue weighted by Gasteiger charge is 2.31. The number of carbonyl (C=O) groups excluding carboxylic acids is 2. The van der Waals surface area contributed by atoms with E-state index in [9.17, 15) is 14.0 Å². The smallest absolute Gasteiger partial charge is 0.237 e. The molecule has 2 aliphatic rings. The normalized spacial score (nSPS) is 21.1. The van der Waals surface area contributed by atoms with Gasteiger partial charge in [0, 0.05) is 25.4 Å². The average molecular weight is 394 g/mol. The van der Waals surface area contributed by atoms with Gasteiger partial charge in [0.2, 0.25) is 11.8 Å². The lowest BCUT2D eigenvalue weighted by molar-refractivity contribution is -0.136. The molecule has 5 nitrogen and oxygen atoms in total. The summed E-state index contributed by atoms with van der Waals surface area (Å²) in [5, 5.41) is -0.0780. The zero-order valence-electron chi connectivity index (χ0n) is 16.1. The van der Waals surface area contributed by atoms with Crippen molar-refractivity contribution in [1.29, 1.82) is 0 Å². The standard InChI is InChI=1S/C20H28FN3O2S/c1-15-7-9-23(10-8-15)18(25)13-22(2)14-19(26)24-11-12-27-20(24)16-3-5-17(21)6-4-16/h3-6,15,20H,7-14H2,1-2H3. The minimum Gasteiger partial charge on any atom is -0.342 e. The van der Waals surface area contributed by atoms with Gasteiger partial charge in [-0.3, -0.25) is 14.5 Å². The second-order valence-electron chi connectivity index (χ2n) is 7.60. The maximum absolute atomic E-state index is 13.2. The summed E-state index contributed by atoms with van der Waals surface area (Å²) >= 11 is 1.69. The Balaban J connectivity index is 1.52. The topological polar surface area (TPSA) is 43.9 Å². The molecule has 0 radical (unpaired) electrons. The van der Waals surface area contributed by atoms with E-state index in [1.165, 1.54) is 12.1 Å². The van der Waals surface area contributed by atoms with Crippen LogP contribution in [0.15, 0.2) is 24.3 Å². The van der Waals surface area contributed by atoms with E-state index in [4.69, 9.17) is 0 Å². The van der Waals surface area contributed by atoms with E-state index in [0.29, 0.717) is 12.5 Å². The molecule has 1 aromatic rings. The molecule has 27 heavy (non-hydrogen) atoms. The Hall–Kier alpha value is -1.60. The van der Waals surface area contributed by atoms with Gasteiger partial charge in [0.25, 0.3) is 0 Å². The Morgan fingerprint density at radius 3 is 2.41 bits per heavy atom. The second kappa shape index (κ2) is 9.06. The molecule has 2 amide bonds. The number of nitrogens with zero attached hydrogens (tertiary/aromatic N) is 3. The van der Waals surface area contributed by atoms with Gasteiger partial charge in [-0.15, -0.1) is 11.8 Å². The number of hydrogen-bond donors (Lipinski definition) is 0. The summed E-state index contributed by atoms with van der Waals surface area (Å²) in [7, 11) is 1.82. The highest BCUT2D eigenvalue weighted by molar-refractivity contribution is 7.99. The van der Waals surface area contributed by atoms with Crippen molar-refractivity contribution in [2.75, 3.05) is 45.5 Å². The molecular formula is C20H28FN3O2S. The fraction of sp³-hybridized carbons (Fsp3) is 0.600. The van der Waals surface area contributed by atoms with Crippen LogP contribution >= 0.6 is 11.8 Å². The molecule has 0 saturated carbocycles. The molecular weight excluding hydrogens is 365 g/mol. The number of thioether (sulfide) groups is 1. The summed E-state index contributed by atoms with van der Waals surface area (Å²) in [5.74, 6) is 1.39. The van der Waals surface area contributed by atoms with Gasteiger partial charge < -0.3 is 9.80 Å². The zero-order chi connectivity index (χ0) is 19.4. The number of carbonyl (C=O) groups is 2. The lowest BCUT2D eigenvalue weighted by Gasteiger charge is -2.32. The van der Waals surface area contributed by atoms with Crippen molar-refractivity contribution in [3.8, 4) is 0 Å². The summed E-state index contributed by atoms with van der Waals surface area (Å²) < 4.78 is 13.2. The Kier molecular flexibility index (Phi) is 6.76. The zero-order valence-corrected chi connectivity index (χ0v) is 16.9. The first-order valence-corrected chi connectivity index (χ1v) is 10.6. The number of hydrogen-bond acceptors (Lipinski definition) is 4. The van der Waals surface area contributed by atoms with E-state index in [0.717, 1.165) is 37.2 Å². The molecule has 0 aliphatic carbocycles. The van der Waals surface area contributed by atoms with Crippen LogP contribution in [0.3, 0.4) is 0 Å². The highest BCUT2D eigenvalue weighted by Crippen LogP contribution is 2.37. The molecule has 2 saturated heterocycles. The van der Waals surface area contributed by atoms with Gasteiger partial charge in [-0.2, -0.15) is 0 Å². The Morgan fingerprint density at radius 1 is 1.11 bits per heavy atom. The predicted octanol–water partition coefficient (Wildman–Crippen LogP) is 2.59. The number of amides is 2. The summed E-state index contributed by atoms with van der Waals surface area (Å²) in [6.45, 7) is 5.01. The Bertz CT molecular complexity index is 662. The van der Waals surface area contributed by atoms with Crippen molar-refractivity contribution in [2.45, 2.75) is 25.1 Å². The summed E-state index contributed by atoms with van der Waals surface area (Å²) in [4.78, 5) is 30.8. The second-order valence-corrected chi connectivity index (χ2v) is 8.79. The minimum atomic E-state index is -0.273. The molecule has 0 bridgehead atoms. The molecule has 148 valence electrons. The van der Waals surface area contributed by atoms with Crippen molar-refractivity contribution >= 4 is 23.6 Å². The van der Waals surface area contributed by atoms with E-state index in [1.807, 2.05) is 16.8 Å². The maximum atomic E-state index is 13.2. The lowest BCUT2D eigenvalue weighted by atomic mass is 9.99. The van der Waals surface area contributed by atoms with Crippen LogP contribution < -0.4 is 0 Å². The van der Waals surface area contributed by atoms with Crippen molar-refractivity contribution in [2.24, 2.45) is 5.92 Å². The van der Waals surface area contributed by atoms with Crippen molar-refractivity contribution < 1.29 is 14.0 Å². The third-order valence-corrected chi connectivity index (χ3v) is 6.57. The number of benzene rings is 1. The van der Waals surface area contributed by atoms with E-state index in [1.54, 1.807) is 28.8 Å². The summed E-state index contributed by atoms with van der Waals surface area (Å²) in [5.41, 5.74) is 0.938. The highest BCUT2D eigenvalue weighted by atomic mass is 32.2. The van der Waals surface area contributed by atoms with Crippen molar-refractivity contribution in [3.05, 3.63) is 35.6 Å². The minimum absolute atomic E-state index is 0.0110. The van der Waals surface area contributed by atoms with Crippen LogP contribution in [0, 0.1) is 11.7 Å². The molecule has 0 aromatic heterocycles. The fourth-order valence-corrected chi connectivity index (χ4v) is 4.87. The Morgan fingerprint density at radius 2 is 1.74 bits per heavy atom. The third kappa shape index (κ3) is 5.23.